The van der Waals surface area contributed by atoms with Gasteiger partial charge in [-0.2, -0.15) is 0 Å². The number of hydrogen-bond donors (Lipinski definition) is 0. The summed E-state index contributed by atoms with van der Waals surface area (Å²) >= 11 is 0. The van der Waals surface area contributed by atoms with Gasteiger partial charge in [0.2, 0.25) is 17.8 Å². The molecule has 0 bridgehead atoms. The molecule has 0 atom stereocenters. The minimum absolute atomic E-state index is 0.651. The molecular weight excluding hydrogens is 1810 g/mol. The lowest BCUT2D eigenvalue weighted by Gasteiger charge is -2.17. The van der Waals surface area contributed by atoms with Crippen molar-refractivity contribution in [2.45, 2.75) is 0 Å². The van der Waals surface area contributed by atoms with E-state index in [0.717, 1.165) is 172 Å². The normalized spacial score (nSPS) is 11.6. The molecule has 0 unspecified atom stereocenters. The largest absolute Gasteiger partial charge is 0.278 e. The first-order valence-corrected chi connectivity index (χ1v) is 50.7. The molecule has 0 aliphatic carbocycles. The molecule has 0 amide bonds. The summed E-state index contributed by atoms with van der Waals surface area (Å²) in [5.74, 6) is 1.96. The second-order valence-electron chi connectivity index (χ2n) is 38.3. The van der Waals surface area contributed by atoms with Gasteiger partial charge in [-0.25, -0.2) is 29.9 Å². The van der Waals surface area contributed by atoms with E-state index in [-0.39, 0.29) is 0 Å². The molecule has 0 N–H and O–H groups in total. The van der Waals surface area contributed by atoms with Crippen LogP contribution < -0.4 is 0 Å². The predicted octanol–water partition coefficient (Wildman–Crippen LogP) is 36.6. The summed E-state index contributed by atoms with van der Waals surface area (Å²) in [6, 6.07) is 192. The Morgan fingerprint density at radius 3 is 0.725 bits per heavy atom. The van der Waals surface area contributed by atoms with Crippen LogP contribution in [0.3, 0.4) is 0 Å². The first kappa shape index (κ1) is 86.8. The van der Waals surface area contributed by atoms with Gasteiger partial charge in [-0.3, -0.25) is 13.7 Å². The second kappa shape index (κ2) is 36.8. The van der Waals surface area contributed by atoms with Gasteiger partial charge in [0.25, 0.3) is 0 Å². The van der Waals surface area contributed by atoms with Gasteiger partial charge in [-0.1, -0.05) is 443 Å². The van der Waals surface area contributed by atoms with Gasteiger partial charge in [-0.15, -0.1) is 0 Å². The van der Waals surface area contributed by atoms with Crippen LogP contribution in [0.1, 0.15) is 0 Å². The molecule has 0 fully saturated rings. The van der Waals surface area contributed by atoms with Crippen molar-refractivity contribution in [2.24, 2.45) is 0 Å². The highest BCUT2D eigenvalue weighted by Crippen LogP contribution is 2.48. The van der Waals surface area contributed by atoms with Gasteiger partial charge >= 0.3 is 0 Å². The van der Waals surface area contributed by atoms with Gasteiger partial charge in [0, 0.05) is 65.2 Å². The molecule has 24 aromatic carbocycles. The maximum Gasteiger partial charge on any atom is 0.235 e. The van der Waals surface area contributed by atoms with Crippen molar-refractivity contribution in [2.75, 3.05) is 0 Å². The molecule has 9 heteroatoms. The molecule has 30 rings (SSSR count). The average molecular weight is 1900 g/mol. The van der Waals surface area contributed by atoms with Gasteiger partial charge in [0.1, 0.15) is 0 Å². The second-order valence-corrected chi connectivity index (χ2v) is 38.3. The zero-order valence-corrected chi connectivity index (χ0v) is 80.9. The van der Waals surface area contributed by atoms with E-state index < -0.39 is 0 Å². The van der Waals surface area contributed by atoms with Crippen LogP contribution in [-0.2, 0) is 0 Å². The van der Waals surface area contributed by atoms with Gasteiger partial charge in [0.15, 0.2) is 0 Å². The lowest BCUT2D eigenvalue weighted by molar-refractivity contribution is 1.01. The highest BCUT2D eigenvalue weighted by atomic mass is 15.2. The third kappa shape index (κ3) is 15.6. The number of fused-ring (bicyclic) bond motifs is 17. The first-order valence-electron chi connectivity index (χ1n) is 50.7. The standard InChI is InChI=1S/C48H31N3.2C46H29N3/c1-4-14-32(15-5-1)33-24-26-36(27-25-33)47-43-30-40(34-16-6-2-7-17-34)41(35-18-8-3-9-19-35)31-44(43)49-48(50-47)51-45-23-13-12-22-39(45)42-28-37-20-10-11-21-38(37)29-46(42)51;1-3-14-31(15-4-1)38-28-41-42(29-39(38)32-16-5-2-6-17-32)47-46(48-45(41)37-24-13-21-30-18-9-10-22-35(30)37)49-43-25-12-11-23-36(43)40-26-33-19-7-8-20-34(33)27-44(40)49;1-3-14-31(15-4-1)38-28-41-42(29-39(38)32-16-5-2-6-17-32)47-46(48-45(41)36-24-23-30-13-7-8-18-33(30)25-36)49-43-22-12-11-21-37(43)40-26-34-19-9-10-20-35(34)27-44(40)49/h1-31H;2*1-29H. The molecule has 9 nitrogen and oxygen atoms in total. The molecule has 694 valence electrons. The molecule has 0 aliphatic rings. The van der Waals surface area contributed by atoms with Crippen LogP contribution in [0.25, 0.3) is 281 Å². The summed E-state index contributed by atoms with van der Waals surface area (Å²) in [5.41, 5.74) is 31.3. The van der Waals surface area contributed by atoms with E-state index in [4.69, 9.17) is 29.9 Å². The SMILES string of the molecule is c1ccc(-c2cc3nc(-n4c5ccccc5c5cc6ccccc6cc54)nc(-c4ccc5ccccc5c4)c3cc2-c2ccccc2)cc1.c1ccc(-c2cc3nc(-n4c5ccccc5c5cc6ccccc6cc54)nc(-c4cccc5ccccc45)c3cc2-c2ccccc2)cc1.c1ccc(-c2ccc(-c3nc(-n4c5ccccc5c5cc6ccccc6cc54)nc4cc(-c5ccccc5)c(-c5ccccc5)cc34)cc2)cc1. The Morgan fingerprint density at radius 2 is 0.362 bits per heavy atom. The van der Waals surface area contributed by atoms with Crippen LogP contribution in [0, 0.1) is 0 Å². The molecular formula is C140H89N9. The van der Waals surface area contributed by atoms with Crippen LogP contribution in [0.2, 0.25) is 0 Å². The van der Waals surface area contributed by atoms with Crippen LogP contribution in [0.15, 0.2) is 540 Å². The Hall–Kier alpha value is -20.0. The molecule has 149 heavy (non-hydrogen) atoms. The van der Waals surface area contributed by atoms with Crippen molar-refractivity contribution < 1.29 is 0 Å². The Kier molecular flexibility index (Phi) is 21.4. The van der Waals surface area contributed by atoms with E-state index in [1.807, 2.05) is 0 Å². The molecule has 6 aromatic heterocycles. The smallest absolute Gasteiger partial charge is 0.235 e. The molecule has 0 spiro atoms. The van der Waals surface area contributed by atoms with E-state index in [0.29, 0.717) is 17.8 Å². The van der Waals surface area contributed by atoms with Crippen molar-refractivity contribution in [1.29, 1.82) is 0 Å². The fourth-order valence-corrected chi connectivity index (χ4v) is 22.4. The number of nitrogens with zero attached hydrogens (tertiary/aromatic N) is 9. The van der Waals surface area contributed by atoms with E-state index in [9.17, 15) is 0 Å². The molecule has 0 saturated heterocycles. The van der Waals surface area contributed by atoms with Gasteiger partial charge in [-0.05, 0) is 229 Å². The Bertz CT molecular complexity index is 10500. The maximum atomic E-state index is 5.53. The predicted molar refractivity (Wildman–Crippen MR) is 624 cm³/mol. The quantitative estimate of drug-likeness (QED) is 0.114. The van der Waals surface area contributed by atoms with Gasteiger partial charge < -0.3 is 0 Å². The van der Waals surface area contributed by atoms with E-state index >= 15 is 0 Å². The van der Waals surface area contributed by atoms with Crippen LogP contribution in [0.5, 0.6) is 0 Å². The topological polar surface area (TPSA) is 92.1 Å². The summed E-state index contributed by atoms with van der Waals surface area (Å²) in [5, 5.41) is 22.1. The van der Waals surface area contributed by atoms with Crippen molar-refractivity contribution >= 4 is 152 Å². The Balaban J connectivity index is 0.000000108. The molecule has 0 radical (unpaired) electrons. The summed E-state index contributed by atoms with van der Waals surface area (Å²) < 4.78 is 6.73. The number of para-hydroxylation sites is 3. The highest BCUT2D eigenvalue weighted by Gasteiger charge is 2.27. The number of benzene rings is 24. The van der Waals surface area contributed by atoms with E-state index in [1.54, 1.807) is 0 Å². The molecule has 30 aromatic rings. The summed E-state index contributed by atoms with van der Waals surface area (Å²) in [7, 11) is 0. The molecule has 0 aliphatic heterocycles. The van der Waals surface area contributed by atoms with Crippen molar-refractivity contribution in [1.82, 2.24) is 43.6 Å². The lowest BCUT2D eigenvalue weighted by atomic mass is 9.91. The monoisotopic (exact) mass is 1900 g/mol. The summed E-state index contributed by atoms with van der Waals surface area (Å²) in [4.78, 5) is 32.8. The minimum atomic E-state index is 0.651. The Labute approximate surface area is 858 Å². The third-order valence-corrected chi connectivity index (χ3v) is 29.5. The Morgan fingerprint density at radius 1 is 0.114 bits per heavy atom. The van der Waals surface area contributed by atoms with Crippen LogP contribution in [0.4, 0.5) is 0 Å². The number of aromatic nitrogens is 9. The maximum absolute atomic E-state index is 5.53. The van der Waals surface area contributed by atoms with Crippen LogP contribution >= 0.6 is 0 Å². The lowest BCUT2D eigenvalue weighted by Crippen LogP contribution is -2.04. The van der Waals surface area contributed by atoms with Crippen molar-refractivity contribution in [3.63, 3.8) is 0 Å². The van der Waals surface area contributed by atoms with E-state index in [1.165, 1.54) is 91.9 Å². The fraction of sp³-hybridized carbons (Fsp3) is 0. The van der Waals surface area contributed by atoms with E-state index in [2.05, 4.69) is 554 Å². The summed E-state index contributed by atoms with van der Waals surface area (Å²) in [6.07, 6.45) is 0. The zero-order chi connectivity index (χ0) is 98.4. The highest BCUT2D eigenvalue weighted by molar-refractivity contribution is 6.18. The average Bonchev–Trinajstić information content (AvgIpc) is 1.64. The number of rotatable bonds is 13. The van der Waals surface area contributed by atoms with Crippen LogP contribution in [-0.4, -0.2) is 43.6 Å². The van der Waals surface area contributed by atoms with Crippen molar-refractivity contribution in [3.8, 4) is 130 Å². The minimum Gasteiger partial charge on any atom is -0.278 e. The van der Waals surface area contributed by atoms with Gasteiger partial charge in [0.05, 0.1) is 66.7 Å². The summed E-state index contributed by atoms with van der Waals surface area (Å²) in [6.45, 7) is 0. The van der Waals surface area contributed by atoms with Crippen molar-refractivity contribution in [3.05, 3.63) is 540 Å². The third-order valence-electron chi connectivity index (χ3n) is 29.5. The molecule has 0 saturated carbocycles. The fourth-order valence-electron chi connectivity index (χ4n) is 22.4. The molecule has 6 heterocycles. The first-order chi connectivity index (χ1) is 73.9. The number of hydrogen-bond acceptors (Lipinski definition) is 6. The zero-order valence-electron chi connectivity index (χ0n) is 80.9.